The summed E-state index contributed by atoms with van der Waals surface area (Å²) in [5.74, 6) is 6.17. The second kappa shape index (κ2) is 8.45. The molecule has 134 valence electrons. The number of hydrogen-bond acceptors (Lipinski definition) is 9. The summed E-state index contributed by atoms with van der Waals surface area (Å²) in [6, 6.07) is 9.72. The number of nitrogen functional groups attached to an aromatic ring is 1. The molecule has 2 heterocycles. The lowest BCUT2D eigenvalue weighted by Crippen LogP contribution is -2.17. The van der Waals surface area contributed by atoms with Crippen LogP contribution in [-0.2, 0) is 4.79 Å². The van der Waals surface area contributed by atoms with Crippen molar-refractivity contribution in [1.29, 1.82) is 0 Å². The molecule has 0 fully saturated rings. The molecule has 2 aromatic heterocycles. The van der Waals surface area contributed by atoms with E-state index in [1.165, 1.54) is 27.8 Å². The fraction of sp³-hybridized carbons (Fsp3) is 0.133. The van der Waals surface area contributed by atoms with Gasteiger partial charge in [0.2, 0.25) is 11.1 Å². The lowest BCUT2D eigenvalue weighted by Gasteiger charge is -2.04. The van der Waals surface area contributed by atoms with Crippen LogP contribution < -0.4 is 16.6 Å². The number of hydrazone groups is 1. The van der Waals surface area contributed by atoms with Crippen LogP contribution in [0.15, 0.2) is 52.2 Å². The first-order valence-corrected chi connectivity index (χ1v) is 9.38. The Morgan fingerprint density at radius 2 is 2.15 bits per heavy atom. The normalized spacial score (nSPS) is 11.3. The Labute approximate surface area is 157 Å². The number of nitrogens with two attached hydrogens (primary N) is 1. The SMILES string of the molecule is C/C(=N\Nc1nnc(SCC(=O)Nc2nccs2)n1N)c1ccccc1. The lowest BCUT2D eigenvalue weighted by molar-refractivity contribution is -0.113. The number of benzene rings is 1. The third-order valence-electron chi connectivity index (χ3n) is 3.19. The predicted octanol–water partition coefficient (Wildman–Crippen LogP) is 2.02. The topological polar surface area (TPSA) is 123 Å². The van der Waals surface area contributed by atoms with Gasteiger partial charge in [0.25, 0.3) is 5.95 Å². The van der Waals surface area contributed by atoms with E-state index in [9.17, 15) is 4.79 Å². The van der Waals surface area contributed by atoms with E-state index in [1.807, 2.05) is 37.3 Å². The monoisotopic (exact) mass is 388 g/mol. The van der Waals surface area contributed by atoms with Gasteiger partial charge in [0, 0.05) is 11.6 Å². The van der Waals surface area contributed by atoms with Crippen LogP contribution in [0.25, 0.3) is 0 Å². The van der Waals surface area contributed by atoms with Crippen LogP contribution in [0, 0.1) is 0 Å². The minimum absolute atomic E-state index is 0.140. The Balaban J connectivity index is 1.56. The third-order valence-corrected chi connectivity index (χ3v) is 4.82. The van der Waals surface area contributed by atoms with Gasteiger partial charge in [0.05, 0.1) is 11.5 Å². The van der Waals surface area contributed by atoms with Gasteiger partial charge >= 0.3 is 0 Å². The Morgan fingerprint density at radius 1 is 1.35 bits per heavy atom. The van der Waals surface area contributed by atoms with Crippen molar-refractivity contribution in [2.45, 2.75) is 12.1 Å². The second-order valence-electron chi connectivity index (χ2n) is 5.03. The van der Waals surface area contributed by atoms with E-state index in [1.54, 1.807) is 11.6 Å². The molecule has 0 aliphatic rings. The Morgan fingerprint density at radius 3 is 2.88 bits per heavy atom. The van der Waals surface area contributed by atoms with Gasteiger partial charge in [-0.1, -0.05) is 42.1 Å². The molecule has 9 nitrogen and oxygen atoms in total. The molecule has 0 atom stereocenters. The van der Waals surface area contributed by atoms with E-state index in [0.717, 1.165) is 11.3 Å². The zero-order chi connectivity index (χ0) is 18.4. The number of nitrogens with one attached hydrogen (secondary N) is 2. The number of anilines is 2. The van der Waals surface area contributed by atoms with Crippen molar-refractivity contribution in [3.05, 3.63) is 47.5 Å². The standard InChI is InChI=1S/C15H16N8OS2/c1-10(11-5-3-2-4-6-11)19-20-13-21-22-15(23(13)16)26-9-12(24)18-14-17-7-8-25-14/h2-8H,9,16H2,1H3,(H,20,21)(H,17,18,24)/b19-10+. The van der Waals surface area contributed by atoms with Gasteiger partial charge < -0.3 is 11.2 Å². The van der Waals surface area contributed by atoms with E-state index in [-0.39, 0.29) is 17.6 Å². The molecule has 0 saturated heterocycles. The second-order valence-corrected chi connectivity index (χ2v) is 6.86. The number of thioether (sulfide) groups is 1. The highest BCUT2D eigenvalue weighted by atomic mass is 32.2. The highest BCUT2D eigenvalue weighted by molar-refractivity contribution is 7.99. The van der Waals surface area contributed by atoms with E-state index >= 15 is 0 Å². The molecule has 26 heavy (non-hydrogen) atoms. The van der Waals surface area contributed by atoms with Crippen molar-refractivity contribution < 1.29 is 4.79 Å². The zero-order valence-electron chi connectivity index (χ0n) is 13.8. The summed E-state index contributed by atoms with van der Waals surface area (Å²) < 4.78 is 1.25. The fourth-order valence-electron chi connectivity index (χ4n) is 1.90. The number of nitrogens with zero attached hydrogens (tertiary/aromatic N) is 5. The first kappa shape index (κ1) is 17.9. The van der Waals surface area contributed by atoms with Crippen molar-refractivity contribution in [3.63, 3.8) is 0 Å². The van der Waals surface area contributed by atoms with Crippen LogP contribution >= 0.6 is 23.1 Å². The van der Waals surface area contributed by atoms with Gasteiger partial charge in [-0.15, -0.1) is 21.5 Å². The summed E-state index contributed by atoms with van der Waals surface area (Å²) >= 11 is 2.52. The smallest absolute Gasteiger partial charge is 0.264 e. The van der Waals surface area contributed by atoms with Crippen LogP contribution in [0.1, 0.15) is 12.5 Å². The number of carbonyl (C=O) groups is 1. The van der Waals surface area contributed by atoms with E-state index < -0.39 is 0 Å². The maximum atomic E-state index is 11.9. The number of carbonyl (C=O) groups excluding carboxylic acids is 1. The Kier molecular flexibility index (Phi) is 5.81. The van der Waals surface area contributed by atoms with Crippen LogP contribution in [-0.4, -0.2) is 37.2 Å². The Hall–Kier alpha value is -2.92. The summed E-state index contributed by atoms with van der Waals surface area (Å²) in [7, 11) is 0. The molecule has 0 radical (unpaired) electrons. The van der Waals surface area contributed by atoms with Crippen LogP contribution in [0.2, 0.25) is 0 Å². The van der Waals surface area contributed by atoms with Gasteiger partial charge in [-0.05, 0) is 12.5 Å². The molecule has 0 aliphatic carbocycles. The number of rotatable bonds is 7. The predicted molar refractivity (Wildman–Crippen MR) is 104 cm³/mol. The maximum Gasteiger partial charge on any atom is 0.264 e. The van der Waals surface area contributed by atoms with Crippen LogP contribution in [0.3, 0.4) is 0 Å². The summed E-state index contributed by atoms with van der Waals surface area (Å²) in [6.07, 6.45) is 1.62. The summed E-state index contributed by atoms with van der Waals surface area (Å²) in [4.78, 5) is 15.9. The van der Waals surface area contributed by atoms with Crippen molar-refractivity contribution >= 4 is 45.8 Å². The van der Waals surface area contributed by atoms with Gasteiger partial charge in [0.15, 0.2) is 5.13 Å². The van der Waals surface area contributed by atoms with E-state index in [0.29, 0.717) is 10.3 Å². The van der Waals surface area contributed by atoms with Crippen LogP contribution in [0.4, 0.5) is 11.1 Å². The maximum absolute atomic E-state index is 11.9. The average molecular weight is 388 g/mol. The lowest BCUT2D eigenvalue weighted by atomic mass is 10.1. The molecule has 3 aromatic rings. The van der Waals surface area contributed by atoms with E-state index in [4.69, 9.17) is 5.84 Å². The number of amides is 1. The van der Waals surface area contributed by atoms with Crippen molar-refractivity contribution in [2.24, 2.45) is 5.10 Å². The van der Waals surface area contributed by atoms with Gasteiger partial charge in [-0.25, -0.2) is 15.1 Å². The van der Waals surface area contributed by atoms with Crippen molar-refractivity contribution in [2.75, 3.05) is 22.3 Å². The quantitative estimate of drug-likeness (QED) is 0.245. The summed E-state index contributed by atoms with van der Waals surface area (Å²) in [6.45, 7) is 1.87. The van der Waals surface area contributed by atoms with Crippen molar-refractivity contribution in [3.8, 4) is 0 Å². The molecular formula is C15H16N8OS2. The van der Waals surface area contributed by atoms with Gasteiger partial charge in [-0.3, -0.25) is 4.79 Å². The molecule has 0 unspecified atom stereocenters. The average Bonchev–Trinajstić information content (AvgIpc) is 3.29. The number of aromatic nitrogens is 4. The minimum Gasteiger partial charge on any atom is -0.334 e. The Bertz CT molecular complexity index is 892. The molecule has 0 bridgehead atoms. The zero-order valence-corrected chi connectivity index (χ0v) is 15.4. The highest BCUT2D eigenvalue weighted by Crippen LogP contribution is 2.18. The molecule has 1 amide bonds. The molecule has 0 saturated carbocycles. The molecule has 4 N–H and O–H groups in total. The molecular weight excluding hydrogens is 372 g/mol. The molecule has 0 aliphatic heterocycles. The summed E-state index contributed by atoms with van der Waals surface area (Å²) in [5, 5.41) is 17.6. The molecule has 0 spiro atoms. The first-order chi connectivity index (χ1) is 12.6. The van der Waals surface area contributed by atoms with E-state index in [2.05, 4.69) is 31.0 Å². The number of thiazole rings is 1. The molecule has 11 heteroatoms. The number of hydrogen-bond donors (Lipinski definition) is 3. The minimum atomic E-state index is -0.194. The van der Waals surface area contributed by atoms with Gasteiger partial charge in [0.1, 0.15) is 0 Å². The largest absolute Gasteiger partial charge is 0.334 e. The third kappa shape index (κ3) is 4.58. The first-order valence-electron chi connectivity index (χ1n) is 7.52. The molecule has 3 rings (SSSR count). The fourth-order valence-corrected chi connectivity index (χ4v) is 3.10. The van der Waals surface area contributed by atoms with Crippen molar-refractivity contribution in [1.82, 2.24) is 19.9 Å². The van der Waals surface area contributed by atoms with Gasteiger partial charge in [-0.2, -0.15) is 5.10 Å². The highest BCUT2D eigenvalue weighted by Gasteiger charge is 2.12. The van der Waals surface area contributed by atoms with Crippen LogP contribution in [0.5, 0.6) is 0 Å². The summed E-state index contributed by atoms with van der Waals surface area (Å²) in [5.41, 5.74) is 4.55. The molecule has 1 aromatic carbocycles.